The highest BCUT2D eigenvalue weighted by atomic mass is 32.1. The maximum absolute atomic E-state index is 9.84. The number of phenolic OH excluding ortho intramolecular Hbond substituents is 2. The van der Waals surface area contributed by atoms with Crippen molar-refractivity contribution in [2.75, 3.05) is 0 Å². The highest BCUT2D eigenvalue weighted by Gasteiger charge is 2.14. The Hall–Kier alpha value is -1.69. The molecule has 0 fully saturated rings. The van der Waals surface area contributed by atoms with Crippen molar-refractivity contribution in [2.24, 2.45) is 0 Å². The minimum Gasteiger partial charge on any atom is -0.508 e. The molecule has 2 N–H and O–H groups in total. The molecule has 2 rings (SSSR count). The maximum Gasteiger partial charge on any atom is 0.188 e. The van der Waals surface area contributed by atoms with Gasteiger partial charge in [-0.25, -0.2) is 0 Å². The van der Waals surface area contributed by atoms with Gasteiger partial charge >= 0.3 is 0 Å². The minimum atomic E-state index is -0.0199. The first kappa shape index (κ1) is 12.8. The highest BCUT2D eigenvalue weighted by Crippen LogP contribution is 2.31. The Balaban J connectivity index is 2.43. The number of benzene rings is 1. The average Bonchev–Trinajstić information content (AvgIpc) is 2.68. The highest BCUT2D eigenvalue weighted by molar-refractivity contribution is 7.80. The number of hydrogen-bond acceptors (Lipinski definition) is 5. The molecule has 0 aliphatic rings. The fourth-order valence-corrected chi connectivity index (χ4v) is 1.96. The molecule has 18 heavy (non-hydrogen) atoms. The second-order valence-corrected chi connectivity index (χ2v) is 4.43. The van der Waals surface area contributed by atoms with Crippen molar-refractivity contribution < 1.29 is 10.2 Å². The van der Waals surface area contributed by atoms with Crippen molar-refractivity contribution in [1.29, 1.82) is 0 Å². The van der Waals surface area contributed by atoms with Crippen LogP contribution in [0.4, 0.5) is 0 Å². The largest absolute Gasteiger partial charge is 0.508 e. The van der Waals surface area contributed by atoms with E-state index in [1.54, 1.807) is 6.07 Å². The topological polar surface area (TPSA) is 71.2 Å². The minimum absolute atomic E-state index is 0.0157. The zero-order chi connectivity index (χ0) is 13.1. The molecule has 0 radical (unpaired) electrons. The fourth-order valence-electron chi connectivity index (χ4n) is 1.73. The summed E-state index contributed by atoms with van der Waals surface area (Å²) in [6.07, 6.45) is 2.03. The van der Waals surface area contributed by atoms with E-state index < -0.39 is 0 Å². The van der Waals surface area contributed by atoms with Crippen molar-refractivity contribution in [3.63, 3.8) is 0 Å². The molecule has 1 aromatic heterocycles. The van der Waals surface area contributed by atoms with Crippen molar-refractivity contribution in [3.05, 3.63) is 18.2 Å². The summed E-state index contributed by atoms with van der Waals surface area (Å²) < 4.78 is 1.85. The number of unbranched alkanes of at least 4 members (excludes halogenated alkanes) is 1. The van der Waals surface area contributed by atoms with E-state index in [-0.39, 0.29) is 11.5 Å². The molecule has 1 heterocycles. The number of nitrogens with zero attached hydrogens (tertiary/aromatic N) is 3. The lowest BCUT2D eigenvalue weighted by molar-refractivity contribution is 0.451. The van der Waals surface area contributed by atoms with E-state index in [2.05, 4.69) is 29.7 Å². The van der Waals surface area contributed by atoms with Crippen LogP contribution in [-0.4, -0.2) is 25.0 Å². The van der Waals surface area contributed by atoms with Gasteiger partial charge in [0.2, 0.25) is 0 Å². The summed E-state index contributed by atoms with van der Waals surface area (Å²) in [7, 11) is 0. The zero-order valence-corrected chi connectivity index (χ0v) is 10.9. The molecule has 96 valence electrons. The van der Waals surface area contributed by atoms with E-state index in [1.807, 2.05) is 4.57 Å². The number of phenols is 2. The van der Waals surface area contributed by atoms with Gasteiger partial charge in [-0.3, -0.25) is 0 Å². The zero-order valence-electron chi connectivity index (χ0n) is 10.0. The van der Waals surface area contributed by atoms with Crippen LogP contribution in [-0.2, 0) is 6.54 Å². The Bertz CT molecular complexity index is 554. The van der Waals surface area contributed by atoms with E-state index in [0.717, 1.165) is 19.4 Å². The normalized spacial score (nSPS) is 10.8. The van der Waals surface area contributed by atoms with Gasteiger partial charge in [0, 0.05) is 12.6 Å². The summed E-state index contributed by atoms with van der Waals surface area (Å²) >= 11 is 4.25. The van der Waals surface area contributed by atoms with Gasteiger partial charge in [0.25, 0.3) is 0 Å². The van der Waals surface area contributed by atoms with Crippen molar-refractivity contribution in [2.45, 2.75) is 31.5 Å². The SMILES string of the molecule is CCCCn1c(S)nnc1-c1ccc(O)cc1O. The molecule has 6 heteroatoms. The predicted octanol–water partition coefficient (Wildman–Crippen LogP) is 2.45. The molecule has 0 saturated heterocycles. The summed E-state index contributed by atoms with van der Waals surface area (Å²) in [5.41, 5.74) is 0.539. The molecule has 0 aliphatic heterocycles. The van der Waals surface area contributed by atoms with Crippen LogP contribution in [0, 0.1) is 0 Å². The Morgan fingerprint density at radius 2 is 2.06 bits per heavy atom. The van der Waals surface area contributed by atoms with Crippen molar-refractivity contribution in [1.82, 2.24) is 14.8 Å². The van der Waals surface area contributed by atoms with Crippen LogP contribution in [0.2, 0.25) is 0 Å². The van der Waals surface area contributed by atoms with Gasteiger partial charge in [-0.2, -0.15) is 0 Å². The summed E-state index contributed by atoms with van der Waals surface area (Å²) in [6.45, 7) is 2.85. The van der Waals surface area contributed by atoms with Crippen molar-refractivity contribution >= 4 is 12.6 Å². The van der Waals surface area contributed by atoms with E-state index >= 15 is 0 Å². The molecule has 0 aliphatic carbocycles. The molecule has 0 spiro atoms. The van der Waals surface area contributed by atoms with Gasteiger partial charge in [-0.05, 0) is 18.6 Å². The monoisotopic (exact) mass is 265 g/mol. The van der Waals surface area contributed by atoms with Gasteiger partial charge in [0.1, 0.15) is 11.5 Å². The second kappa shape index (κ2) is 5.30. The first-order valence-electron chi connectivity index (χ1n) is 5.78. The average molecular weight is 265 g/mol. The van der Waals surface area contributed by atoms with Gasteiger partial charge in [-0.1, -0.05) is 13.3 Å². The molecular weight excluding hydrogens is 250 g/mol. The Morgan fingerprint density at radius 3 is 2.72 bits per heavy atom. The van der Waals surface area contributed by atoms with E-state index in [4.69, 9.17) is 0 Å². The first-order valence-corrected chi connectivity index (χ1v) is 6.22. The Labute approximate surface area is 111 Å². The van der Waals surface area contributed by atoms with E-state index in [9.17, 15) is 10.2 Å². The third-order valence-electron chi connectivity index (χ3n) is 2.69. The Kier molecular flexibility index (Phi) is 3.76. The number of thiol groups is 1. The van der Waals surface area contributed by atoms with Crippen LogP contribution in [0.1, 0.15) is 19.8 Å². The van der Waals surface area contributed by atoms with Crippen LogP contribution in [0.5, 0.6) is 11.5 Å². The maximum atomic E-state index is 9.84. The smallest absolute Gasteiger partial charge is 0.188 e. The lowest BCUT2D eigenvalue weighted by Crippen LogP contribution is -2.01. The number of aromatic nitrogens is 3. The van der Waals surface area contributed by atoms with E-state index in [0.29, 0.717) is 16.5 Å². The molecule has 5 nitrogen and oxygen atoms in total. The van der Waals surface area contributed by atoms with Crippen LogP contribution >= 0.6 is 12.6 Å². The first-order chi connectivity index (χ1) is 8.63. The van der Waals surface area contributed by atoms with Crippen LogP contribution in [0.15, 0.2) is 23.4 Å². The molecule has 0 unspecified atom stereocenters. The molecule has 2 aromatic rings. The Morgan fingerprint density at radius 1 is 1.28 bits per heavy atom. The predicted molar refractivity (Wildman–Crippen MR) is 70.9 cm³/mol. The lowest BCUT2D eigenvalue weighted by Gasteiger charge is -2.08. The quantitative estimate of drug-likeness (QED) is 0.743. The van der Waals surface area contributed by atoms with Crippen LogP contribution in [0.25, 0.3) is 11.4 Å². The van der Waals surface area contributed by atoms with Gasteiger partial charge in [0.05, 0.1) is 5.56 Å². The summed E-state index contributed by atoms with van der Waals surface area (Å²) in [6, 6.07) is 4.41. The van der Waals surface area contributed by atoms with Crippen molar-refractivity contribution in [3.8, 4) is 22.9 Å². The van der Waals surface area contributed by atoms with Crippen LogP contribution in [0.3, 0.4) is 0 Å². The van der Waals surface area contributed by atoms with Gasteiger partial charge in [0.15, 0.2) is 11.0 Å². The van der Waals surface area contributed by atoms with E-state index in [1.165, 1.54) is 12.1 Å². The summed E-state index contributed by atoms with van der Waals surface area (Å²) in [5, 5.41) is 27.6. The lowest BCUT2D eigenvalue weighted by atomic mass is 10.1. The number of aromatic hydroxyl groups is 2. The molecule has 0 saturated carbocycles. The third kappa shape index (κ3) is 2.43. The molecule has 0 bridgehead atoms. The number of rotatable bonds is 4. The summed E-state index contributed by atoms with van der Waals surface area (Å²) in [4.78, 5) is 0. The number of hydrogen-bond donors (Lipinski definition) is 3. The molecule has 0 amide bonds. The van der Waals surface area contributed by atoms with Gasteiger partial charge < -0.3 is 14.8 Å². The molecular formula is C12H15N3O2S. The summed E-state index contributed by atoms with van der Waals surface area (Å²) in [5.74, 6) is 0.557. The van der Waals surface area contributed by atoms with Gasteiger partial charge in [-0.15, -0.1) is 22.8 Å². The molecule has 1 aromatic carbocycles. The third-order valence-corrected chi connectivity index (χ3v) is 3.02. The van der Waals surface area contributed by atoms with Crippen LogP contribution < -0.4 is 0 Å². The second-order valence-electron chi connectivity index (χ2n) is 4.03. The standard InChI is InChI=1S/C12H15N3O2S/c1-2-3-6-15-11(13-14-12(15)18)9-5-4-8(16)7-10(9)17/h4-5,7,16-17H,2-3,6H2,1H3,(H,14,18). The fraction of sp³-hybridized carbons (Fsp3) is 0.333. The molecule has 0 atom stereocenters.